The van der Waals surface area contributed by atoms with Crippen LogP contribution in [0.3, 0.4) is 0 Å². The van der Waals surface area contributed by atoms with Crippen molar-refractivity contribution in [1.82, 2.24) is 9.80 Å². The van der Waals surface area contributed by atoms with Crippen LogP contribution in [0.5, 0.6) is 0 Å². The number of nitrogens with zero attached hydrogens (tertiary/aromatic N) is 2. The van der Waals surface area contributed by atoms with Gasteiger partial charge >= 0.3 is 19.5 Å². The maximum absolute atomic E-state index is 3.78. The average Bonchev–Trinajstić information content (AvgIpc) is 2.27. The molecular formula is C14H32N2Zn. The van der Waals surface area contributed by atoms with E-state index in [9.17, 15) is 0 Å². The van der Waals surface area contributed by atoms with Crippen LogP contribution in [-0.4, -0.2) is 49.1 Å². The summed E-state index contributed by atoms with van der Waals surface area (Å²) in [5.41, 5.74) is 0. The molecule has 0 spiro atoms. The summed E-state index contributed by atoms with van der Waals surface area (Å²) in [6.07, 6.45) is 2.04. The zero-order valence-corrected chi connectivity index (χ0v) is 15.8. The molecule has 2 nitrogen and oxygen atoms in total. The van der Waals surface area contributed by atoms with Gasteiger partial charge in [0.05, 0.1) is 0 Å². The molecule has 0 aliphatic carbocycles. The van der Waals surface area contributed by atoms with Crippen LogP contribution in [-0.2, 0) is 19.5 Å². The van der Waals surface area contributed by atoms with Gasteiger partial charge in [0.25, 0.3) is 0 Å². The van der Waals surface area contributed by atoms with Crippen molar-refractivity contribution in [2.45, 2.75) is 46.6 Å². The van der Waals surface area contributed by atoms with Crippen molar-refractivity contribution in [1.29, 1.82) is 0 Å². The van der Waals surface area contributed by atoms with E-state index >= 15 is 0 Å². The average molecular weight is 294 g/mol. The predicted octanol–water partition coefficient (Wildman–Crippen LogP) is 3.10. The van der Waals surface area contributed by atoms with Crippen molar-refractivity contribution in [3.63, 3.8) is 0 Å². The molecule has 0 aromatic rings. The minimum Gasteiger partial charge on any atom is -0.342 e. The molecule has 0 amide bonds. The maximum atomic E-state index is 3.78. The Balaban J connectivity index is -0.000000218. The Kier molecular flexibility index (Phi) is 22.1. The summed E-state index contributed by atoms with van der Waals surface area (Å²) < 4.78 is 0. The Morgan fingerprint density at radius 3 is 1.47 bits per heavy atom. The molecule has 0 atom stereocenters. The fourth-order valence-electron chi connectivity index (χ4n) is 1.27. The van der Waals surface area contributed by atoms with E-state index in [0.29, 0.717) is 6.04 Å². The molecule has 17 heavy (non-hydrogen) atoms. The molecule has 0 saturated heterocycles. The molecule has 0 aromatic heterocycles. The van der Waals surface area contributed by atoms with Crippen molar-refractivity contribution in [3.05, 3.63) is 13.8 Å². The van der Waals surface area contributed by atoms with Crippen molar-refractivity contribution >= 4 is 0 Å². The number of hydrogen-bond donors (Lipinski definition) is 0. The smallest absolute Gasteiger partial charge is 0.342 e. The van der Waals surface area contributed by atoms with Gasteiger partial charge in [-0.05, 0) is 47.1 Å². The van der Waals surface area contributed by atoms with Gasteiger partial charge in [-0.15, -0.1) is 0 Å². The zero-order valence-electron chi connectivity index (χ0n) is 12.8. The van der Waals surface area contributed by atoms with Gasteiger partial charge in [0, 0.05) is 6.04 Å². The summed E-state index contributed by atoms with van der Waals surface area (Å²) >= 11 is 0. The second-order valence-corrected chi connectivity index (χ2v) is 4.31. The normalized spacial score (nSPS) is 10.2. The summed E-state index contributed by atoms with van der Waals surface area (Å²) in [5, 5.41) is 0. The van der Waals surface area contributed by atoms with Crippen LogP contribution in [0, 0.1) is 13.8 Å². The van der Waals surface area contributed by atoms with Gasteiger partial charge in [0.2, 0.25) is 0 Å². The van der Waals surface area contributed by atoms with Crippen LogP contribution >= 0.6 is 0 Å². The molecule has 0 aliphatic rings. The summed E-state index contributed by atoms with van der Waals surface area (Å²) in [6.45, 7) is 20.9. The van der Waals surface area contributed by atoms with Crippen molar-refractivity contribution in [3.8, 4) is 0 Å². The molecular weight excluding hydrogens is 262 g/mol. The standard InChI is InChI=1S/2C7H16N.Zn/c1-5-6-8(4)7(2)3;1-4-7-8(5-2)6-3;/h7H,1,5-6H2,2-4H3;1,4-7H2,2-3H3;/q2*-1;+2. The van der Waals surface area contributed by atoms with Gasteiger partial charge in [-0.25, -0.2) is 0 Å². The molecule has 0 aromatic carbocycles. The van der Waals surface area contributed by atoms with E-state index in [4.69, 9.17) is 0 Å². The Hall–Kier alpha value is 0.543. The molecule has 0 saturated carbocycles. The van der Waals surface area contributed by atoms with E-state index < -0.39 is 0 Å². The SMILES string of the molecule is [CH2-]CCN(C)C(C)C.[CH2-]CCN(CC)CC.[Zn+2]. The molecule has 0 heterocycles. The number of hydrogen-bond acceptors (Lipinski definition) is 2. The fourth-order valence-corrected chi connectivity index (χ4v) is 1.27. The van der Waals surface area contributed by atoms with E-state index in [0.717, 1.165) is 39.0 Å². The third kappa shape index (κ3) is 16.5. The molecule has 0 unspecified atom stereocenters. The second-order valence-electron chi connectivity index (χ2n) is 4.31. The van der Waals surface area contributed by atoms with E-state index in [1.54, 1.807) is 0 Å². The fraction of sp³-hybridized carbons (Fsp3) is 0.857. The molecule has 3 heteroatoms. The van der Waals surface area contributed by atoms with E-state index in [2.05, 4.69) is 58.4 Å². The van der Waals surface area contributed by atoms with E-state index in [1.165, 1.54) is 0 Å². The van der Waals surface area contributed by atoms with Crippen molar-refractivity contribution in [2.75, 3.05) is 33.2 Å². The first-order chi connectivity index (χ1) is 7.53. The largest absolute Gasteiger partial charge is 2.00 e. The first-order valence-electron chi connectivity index (χ1n) is 6.54. The Morgan fingerprint density at radius 1 is 0.941 bits per heavy atom. The van der Waals surface area contributed by atoms with Gasteiger partial charge in [-0.1, -0.05) is 13.8 Å². The molecule has 0 rings (SSSR count). The molecule has 0 fully saturated rings. The topological polar surface area (TPSA) is 6.48 Å². The van der Waals surface area contributed by atoms with Gasteiger partial charge in [0.1, 0.15) is 0 Å². The second kappa shape index (κ2) is 16.5. The molecule has 0 aliphatic heterocycles. The van der Waals surface area contributed by atoms with Crippen LogP contribution < -0.4 is 0 Å². The third-order valence-corrected chi connectivity index (χ3v) is 2.76. The van der Waals surface area contributed by atoms with Crippen LogP contribution in [0.1, 0.15) is 40.5 Å². The maximum Gasteiger partial charge on any atom is 2.00 e. The summed E-state index contributed by atoms with van der Waals surface area (Å²) in [5.74, 6) is 0. The van der Waals surface area contributed by atoms with Crippen LogP contribution in [0.4, 0.5) is 0 Å². The first kappa shape index (κ1) is 22.7. The summed E-state index contributed by atoms with van der Waals surface area (Å²) in [6, 6.07) is 0.664. The van der Waals surface area contributed by atoms with Crippen LogP contribution in [0.15, 0.2) is 0 Å². The summed E-state index contributed by atoms with van der Waals surface area (Å²) in [4.78, 5) is 4.65. The first-order valence-corrected chi connectivity index (χ1v) is 6.54. The minimum atomic E-state index is 0. The minimum absolute atomic E-state index is 0. The van der Waals surface area contributed by atoms with Crippen molar-refractivity contribution < 1.29 is 19.5 Å². The predicted molar refractivity (Wildman–Crippen MR) is 75.5 cm³/mol. The van der Waals surface area contributed by atoms with Gasteiger partial charge in [-0.3, -0.25) is 0 Å². The molecule has 0 N–H and O–H groups in total. The van der Waals surface area contributed by atoms with Crippen LogP contribution in [0.25, 0.3) is 0 Å². The Bertz CT molecular complexity index is 121. The monoisotopic (exact) mass is 292 g/mol. The molecule has 100 valence electrons. The van der Waals surface area contributed by atoms with Gasteiger partial charge in [0.15, 0.2) is 0 Å². The van der Waals surface area contributed by atoms with E-state index in [1.807, 2.05) is 0 Å². The zero-order chi connectivity index (χ0) is 13.0. The van der Waals surface area contributed by atoms with Gasteiger partial charge in [-0.2, -0.15) is 12.8 Å². The van der Waals surface area contributed by atoms with Crippen molar-refractivity contribution in [2.24, 2.45) is 0 Å². The van der Waals surface area contributed by atoms with Gasteiger partial charge < -0.3 is 23.6 Å². The Labute approximate surface area is 123 Å². The third-order valence-electron chi connectivity index (χ3n) is 2.76. The molecule has 0 bridgehead atoms. The molecule has 0 radical (unpaired) electrons. The number of rotatable bonds is 7. The van der Waals surface area contributed by atoms with Crippen LogP contribution in [0.2, 0.25) is 0 Å². The quantitative estimate of drug-likeness (QED) is 0.526. The summed E-state index contributed by atoms with van der Waals surface area (Å²) in [7, 11) is 2.12. The Morgan fingerprint density at radius 2 is 1.35 bits per heavy atom. The van der Waals surface area contributed by atoms with E-state index in [-0.39, 0.29) is 19.5 Å².